The van der Waals surface area contributed by atoms with Gasteiger partial charge in [0.15, 0.2) is 0 Å². The lowest BCUT2D eigenvalue weighted by atomic mass is 9.90. The summed E-state index contributed by atoms with van der Waals surface area (Å²) in [5.41, 5.74) is 4.38. The lowest BCUT2D eigenvalue weighted by Crippen LogP contribution is -2.06. The molecule has 2 nitrogen and oxygen atoms in total. The third kappa shape index (κ3) is 2.37. The highest BCUT2D eigenvalue weighted by Crippen LogP contribution is 2.30. The van der Waals surface area contributed by atoms with Gasteiger partial charge in [0, 0.05) is 5.69 Å². The van der Waals surface area contributed by atoms with Gasteiger partial charge in [-0.05, 0) is 61.1 Å². The SMILES string of the molecule is N#Cc1ccc(Nc2cccc3c2CCCC3)c(F)c1. The van der Waals surface area contributed by atoms with Crippen molar-refractivity contribution in [2.75, 3.05) is 5.32 Å². The highest BCUT2D eigenvalue weighted by Gasteiger charge is 2.13. The summed E-state index contributed by atoms with van der Waals surface area (Å²) in [5, 5.41) is 11.9. The molecule has 0 fully saturated rings. The van der Waals surface area contributed by atoms with Crippen LogP contribution in [0.25, 0.3) is 0 Å². The average Bonchev–Trinajstić information content (AvgIpc) is 2.49. The minimum Gasteiger partial charge on any atom is -0.353 e. The van der Waals surface area contributed by atoms with Gasteiger partial charge < -0.3 is 5.32 Å². The average molecular weight is 266 g/mol. The van der Waals surface area contributed by atoms with E-state index in [0.29, 0.717) is 11.3 Å². The van der Waals surface area contributed by atoms with Crippen LogP contribution in [-0.2, 0) is 12.8 Å². The van der Waals surface area contributed by atoms with Gasteiger partial charge in [-0.1, -0.05) is 12.1 Å². The number of hydrogen-bond donors (Lipinski definition) is 1. The van der Waals surface area contributed by atoms with Crippen LogP contribution < -0.4 is 5.32 Å². The van der Waals surface area contributed by atoms with Crippen LogP contribution in [0, 0.1) is 17.1 Å². The van der Waals surface area contributed by atoms with Crippen LogP contribution in [0.3, 0.4) is 0 Å². The Morgan fingerprint density at radius 1 is 1.05 bits per heavy atom. The number of nitrogens with one attached hydrogen (secondary N) is 1. The molecule has 1 aliphatic carbocycles. The zero-order valence-corrected chi connectivity index (χ0v) is 11.1. The van der Waals surface area contributed by atoms with Crippen molar-refractivity contribution in [3.63, 3.8) is 0 Å². The predicted molar refractivity (Wildman–Crippen MR) is 77.5 cm³/mol. The molecule has 100 valence electrons. The Balaban J connectivity index is 1.94. The second-order valence-electron chi connectivity index (χ2n) is 5.08. The van der Waals surface area contributed by atoms with E-state index in [2.05, 4.69) is 11.4 Å². The first-order valence-corrected chi connectivity index (χ1v) is 6.85. The van der Waals surface area contributed by atoms with E-state index in [4.69, 9.17) is 5.26 Å². The maximum Gasteiger partial charge on any atom is 0.147 e. The van der Waals surface area contributed by atoms with Gasteiger partial charge in [0.2, 0.25) is 0 Å². The molecule has 20 heavy (non-hydrogen) atoms. The second-order valence-corrected chi connectivity index (χ2v) is 5.08. The molecule has 0 saturated carbocycles. The smallest absolute Gasteiger partial charge is 0.147 e. The Kier molecular flexibility index (Phi) is 3.39. The lowest BCUT2D eigenvalue weighted by Gasteiger charge is -2.20. The van der Waals surface area contributed by atoms with Crippen molar-refractivity contribution < 1.29 is 4.39 Å². The van der Waals surface area contributed by atoms with E-state index in [-0.39, 0.29) is 0 Å². The summed E-state index contributed by atoms with van der Waals surface area (Å²) >= 11 is 0. The second kappa shape index (κ2) is 5.34. The van der Waals surface area contributed by atoms with Crippen molar-refractivity contribution in [2.45, 2.75) is 25.7 Å². The van der Waals surface area contributed by atoms with E-state index < -0.39 is 5.82 Å². The zero-order valence-electron chi connectivity index (χ0n) is 11.1. The van der Waals surface area contributed by atoms with Gasteiger partial charge in [-0.2, -0.15) is 5.26 Å². The van der Waals surface area contributed by atoms with Crippen molar-refractivity contribution in [2.24, 2.45) is 0 Å². The molecule has 2 aromatic carbocycles. The van der Waals surface area contributed by atoms with Crippen molar-refractivity contribution in [3.8, 4) is 6.07 Å². The minimum atomic E-state index is -0.391. The van der Waals surface area contributed by atoms with Crippen molar-refractivity contribution in [3.05, 3.63) is 58.9 Å². The first-order valence-electron chi connectivity index (χ1n) is 6.85. The third-order valence-electron chi connectivity index (χ3n) is 3.76. The number of benzene rings is 2. The Morgan fingerprint density at radius 2 is 1.90 bits per heavy atom. The monoisotopic (exact) mass is 266 g/mol. The quantitative estimate of drug-likeness (QED) is 0.878. The minimum absolute atomic E-state index is 0.336. The molecule has 0 atom stereocenters. The van der Waals surface area contributed by atoms with Gasteiger partial charge in [-0.15, -0.1) is 0 Å². The number of hydrogen-bond acceptors (Lipinski definition) is 2. The predicted octanol–water partition coefficient (Wildman–Crippen LogP) is 4.32. The van der Waals surface area contributed by atoms with Crippen LogP contribution in [-0.4, -0.2) is 0 Å². The van der Waals surface area contributed by atoms with Gasteiger partial charge in [0.1, 0.15) is 5.82 Å². The summed E-state index contributed by atoms with van der Waals surface area (Å²) in [7, 11) is 0. The maximum absolute atomic E-state index is 13.9. The summed E-state index contributed by atoms with van der Waals surface area (Å²) < 4.78 is 13.9. The van der Waals surface area contributed by atoms with Crippen molar-refractivity contribution in [1.82, 2.24) is 0 Å². The normalized spacial score (nSPS) is 13.4. The topological polar surface area (TPSA) is 35.8 Å². The number of fused-ring (bicyclic) bond motifs is 1. The summed E-state index contributed by atoms with van der Waals surface area (Å²) in [4.78, 5) is 0. The van der Waals surface area contributed by atoms with Gasteiger partial charge in [-0.3, -0.25) is 0 Å². The lowest BCUT2D eigenvalue weighted by molar-refractivity contribution is 0.631. The van der Waals surface area contributed by atoms with E-state index in [1.165, 1.54) is 30.0 Å². The summed E-state index contributed by atoms with van der Waals surface area (Å²) in [6.45, 7) is 0. The van der Waals surface area contributed by atoms with E-state index in [1.807, 2.05) is 18.2 Å². The van der Waals surface area contributed by atoms with Crippen LogP contribution >= 0.6 is 0 Å². The van der Waals surface area contributed by atoms with Gasteiger partial charge >= 0.3 is 0 Å². The van der Waals surface area contributed by atoms with Crippen molar-refractivity contribution in [1.29, 1.82) is 5.26 Å². The fourth-order valence-electron chi connectivity index (χ4n) is 2.73. The molecule has 0 heterocycles. The Morgan fingerprint density at radius 3 is 2.70 bits per heavy atom. The molecule has 0 bridgehead atoms. The van der Waals surface area contributed by atoms with Crippen LogP contribution in [0.1, 0.15) is 29.5 Å². The highest BCUT2D eigenvalue weighted by molar-refractivity contribution is 5.66. The molecule has 0 aromatic heterocycles. The van der Waals surface area contributed by atoms with Crippen LogP contribution in [0.5, 0.6) is 0 Å². The molecule has 0 amide bonds. The van der Waals surface area contributed by atoms with E-state index in [0.717, 1.165) is 18.5 Å². The molecule has 0 aliphatic heterocycles. The number of aryl methyl sites for hydroxylation is 1. The number of halogens is 1. The Bertz CT molecular complexity index is 686. The van der Waals surface area contributed by atoms with E-state index in [9.17, 15) is 4.39 Å². The molecule has 1 aliphatic rings. The summed E-state index contributed by atoms with van der Waals surface area (Å²) in [6.07, 6.45) is 4.54. The number of nitriles is 1. The third-order valence-corrected chi connectivity index (χ3v) is 3.76. The fraction of sp³-hybridized carbons (Fsp3) is 0.235. The van der Waals surface area contributed by atoms with E-state index >= 15 is 0 Å². The fourth-order valence-corrected chi connectivity index (χ4v) is 2.73. The van der Waals surface area contributed by atoms with E-state index in [1.54, 1.807) is 12.1 Å². The molecule has 0 radical (unpaired) electrons. The van der Waals surface area contributed by atoms with Crippen LogP contribution in [0.2, 0.25) is 0 Å². The van der Waals surface area contributed by atoms with Crippen molar-refractivity contribution >= 4 is 11.4 Å². The maximum atomic E-state index is 13.9. The Labute approximate surface area is 117 Å². The number of anilines is 2. The molecule has 3 rings (SSSR count). The zero-order chi connectivity index (χ0) is 13.9. The molecular formula is C17H15FN2. The number of rotatable bonds is 2. The van der Waals surface area contributed by atoms with Gasteiger partial charge in [-0.25, -0.2) is 4.39 Å². The molecule has 1 N–H and O–H groups in total. The molecule has 2 aromatic rings. The molecule has 0 saturated heterocycles. The molecule has 0 spiro atoms. The first-order chi connectivity index (χ1) is 9.78. The molecular weight excluding hydrogens is 251 g/mol. The van der Waals surface area contributed by atoms with Crippen LogP contribution in [0.15, 0.2) is 36.4 Å². The number of nitrogens with zero attached hydrogens (tertiary/aromatic N) is 1. The van der Waals surface area contributed by atoms with Gasteiger partial charge in [0.05, 0.1) is 17.3 Å². The molecule has 0 unspecified atom stereocenters. The standard InChI is InChI=1S/C17H15FN2/c18-15-10-12(11-19)8-9-17(15)20-16-7-3-5-13-4-1-2-6-14(13)16/h3,5,7-10,20H,1-2,4,6H2. The Hall–Kier alpha value is -2.34. The van der Waals surface area contributed by atoms with Gasteiger partial charge in [0.25, 0.3) is 0 Å². The largest absolute Gasteiger partial charge is 0.353 e. The summed E-state index contributed by atoms with van der Waals surface area (Å²) in [6, 6.07) is 12.6. The first kappa shape index (κ1) is 12.7. The highest BCUT2D eigenvalue weighted by atomic mass is 19.1. The van der Waals surface area contributed by atoms with Crippen LogP contribution in [0.4, 0.5) is 15.8 Å². The molecule has 3 heteroatoms. The summed E-state index contributed by atoms with van der Waals surface area (Å²) in [5.74, 6) is -0.391.